The zero-order valence-corrected chi connectivity index (χ0v) is 26.4. The third-order valence-corrected chi connectivity index (χ3v) is 9.84. The first-order valence-corrected chi connectivity index (χ1v) is 15.9. The summed E-state index contributed by atoms with van der Waals surface area (Å²) in [5, 5.41) is 0. The van der Waals surface area contributed by atoms with Crippen molar-refractivity contribution >= 4 is 7.12 Å². The molecule has 7 heteroatoms. The van der Waals surface area contributed by atoms with Crippen molar-refractivity contribution < 1.29 is 28.3 Å². The summed E-state index contributed by atoms with van der Waals surface area (Å²) < 4.78 is 40.2. The minimum absolute atomic E-state index is 0.000517. The lowest BCUT2D eigenvalue weighted by molar-refractivity contribution is -0.140. The van der Waals surface area contributed by atoms with Gasteiger partial charge in [-0.25, -0.2) is 0 Å². The van der Waals surface area contributed by atoms with Gasteiger partial charge in [-0.1, -0.05) is 121 Å². The number of benzene rings is 4. The molecule has 0 N–H and O–H groups in total. The van der Waals surface area contributed by atoms with Crippen LogP contribution in [0.25, 0.3) is 0 Å². The molecule has 3 aliphatic rings. The molecule has 0 unspecified atom stereocenters. The van der Waals surface area contributed by atoms with Gasteiger partial charge in [0.1, 0.15) is 23.4 Å². The molecule has 4 aromatic carbocycles. The molecule has 1 saturated carbocycles. The molecule has 6 nitrogen and oxygen atoms in total. The predicted molar refractivity (Wildman–Crippen MR) is 174 cm³/mol. The van der Waals surface area contributed by atoms with Crippen LogP contribution >= 0.6 is 0 Å². The zero-order chi connectivity index (χ0) is 31.1. The minimum Gasteiger partial charge on any atom is -0.402 e. The van der Waals surface area contributed by atoms with E-state index in [9.17, 15) is 0 Å². The van der Waals surface area contributed by atoms with Crippen molar-refractivity contribution in [1.29, 1.82) is 0 Å². The molecular weight excluding hydrogens is 563 g/mol. The van der Waals surface area contributed by atoms with Crippen molar-refractivity contribution in [3.63, 3.8) is 0 Å². The number of hydrogen-bond acceptors (Lipinski definition) is 6. The minimum atomic E-state index is -1.02. The Kier molecular flexibility index (Phi) is 8.19. The van der Waals surface area contributed by atoms with Gasteiger partial charge in [0, 0.05) is 14.2 Å². The van der Waals surface area contributed by atoms with Gasteiger partial charge in [-0.3, -0.25) is 0 Å². The topological polar surface area (TPSA) is 55.4 Å². The highest BCUT2D eigenvalue weighted by molar-refractivity contribution is 6.48. The molecule has 0 bridgehead atoms. The fraction of sp³-hybridized carbons (Fsp3) is 0.368. The Morgan fingerprint density at radius 1 is 0.622 bits per heavy atom. The van der Waals surface area contributed by atoms with Crippen LogP contribution in [0.3, 0.4) is 0 Å². The summed E-state index contributed by atoms with van der Waals surface area (Å²) >= 11 is 0. The van der Waals surface area contributed by atoms with Crippen LogP contribution in [0.4, 0.5) is 0 Å². The average molecular weight is 605 g/mol. The molecule has 2 heterocycles. The van der Waals surface area contributed by atoms with E-state index in [2.05, 4.69) is 48.5 Å². The summed E-state index contributed by atoms with van der Waals surface area (Å²) in [7, 11) is 3.03. The van der Waals surface area contributed by atoms with Crippen LogP contribution in [-0.2, 0) is 39.5 Å². The van der Waals surface area contributed by atoms with E-state index < -0.39 is 36.3 Å². The average Bonchev–Trinajstić information content (AvgIpc) is 3.63. The van der Waals surface area contributed by atoms with Crippen molar-refractivity contribution in [3.8, 4) is 0 Å². The summed E-state index contributed by atoms with van der Waals surface area (Å²) in [5.41, 5.74) is 1.87. The number of ether oxygens (including phenoxy) is 4. The van der Waals surface area contributed by atoms with E-state index in [0.717, 1.165) is 28.7 Å². The molecule has 7 rings (SSSR count). The molecular formula is C38H41BO6. The maximum atomic E-state index is 7.23. The van der Waals surface area contributed by atoms with Crippen LogP contribution in [-0.4, -0.2) is 52.0 Å². The third-order valence-electron chi connectivity index (χ3n) is 9.84. The normalized spacial score (nSPS) is 26.2. The van der Waals surface area contributed by atoms with Gasteiger partial charge in [0.25, 0.3) is 0 Å². The van der Waals surface area contributed by atoms with Crippen LogP contribution in [0.5, 0.6) is 0 Å². The summed E-state index contributed by atoms with van der Waals surface area (Å²) in [4.78, 5) is 0. The Hall–Kier alpha value is -3.30. The summed E-state index contributed by atoms with van der Waals surface area (Å²) in [5.74, 6) is -0.174. The van der Waals surface area contributed by atoms with E-state index in [1.165, 1.54) is 0 Å². The van der Waals surface area contributed by atoms with Gasteiger partial charge < -0.3 is 28.3 Å². The maximum absolute atomic E-state index is 7.23. The fourth-order valence-corrected chi connectivity index (χ4v) is 7.62. The molecule has 2 aliphatic heterocycles. The largest absolute Gasteiger partial charge is 0.461 e. The van der Waals surface area contributed by atoms with Gasteiger partial charge in [0.2, 0.25) is 0 Å². The monoisotopic (exact) mass is 604 g/mol. The summed E-state index contributed by atoms with van der Waals surface area (Å²) in [6.45, 7) is 4.51. The van der Waals surface area contributed by atoms with Crippen LogP contribution < -0.4 is 0 Å². The van der Waals surface area contributed by atoms with Gasteiger partial charge in [-0.2, -0.15) is 0 Å². The van der Waals surface area contributed by atoms with Crippen LogP contribution in [0, 0.1) is 5.92 Å². The quantitative estimate of drug-likeness (QED) is 0.182. The second kappa shape index (κ2) is 12.1. The molecule has 232 valence electrons. The lowest BCUT2D eigenvalue weighted by Gasteiger charge is -2.47. The van der Waals surface area contributed by atoms with E-state index in [-0.39, 0.29) is 17.8 Å². The van der Waals surface area contributed by atoms with Crippen LogP contribution in [0.2, 0.25) is 5.82 Å². The summed E-state index contributed by atoms with van der Waals surface area (Å²) in [6, 6.07) is 41.3. The lowest BCUT2D eigenvalue weighted by Crippen LogP contribution is -2.56. The number of hydrogen-bond donors (Lipinski definition) is 0. The molecule has 5 atom stereocenters. The lowest BCUT2D eigenvalue weighted by atomic mass is 9.71. The van der Waals surface area contributed by atoms with Crippen LogP contribution in [0.1, 0.15) is 42.5 Å². The Morgan fingerprint density at radius 2 is 1.00 bits per heavy atom. The van der Waals surface area contributed by atoms with Crippen LogP contribution in [0.15, 0.2) is 121 Å². The highest BCUT2D eigenvalue weighted by Gasteiger charge is 2.66. The van der Waals surface area contributed by atoms with Gasteiger partial charge in [-0.05, 0) is 54.3 Å². The second-order valence-corrected chi connectivity index (χ2v) is 12.8. The molecule has 2 saturated heterocycles. The van der Waals surface area contributed by atoms with Gasteiger partial charge in [0.15, 0.2) is 5.79 Å². The molecule has 0 spiro atoms. The molecule has 0 aromatic heterocycles. The standard InChI is InChI=1S/C38H41BO6/c1-36(2)42-26-33(43-36)31-25-32(31)39-44-34(37(40-3,27-17-9-5-10-18-27)28-19-11-6-12-20-28)35(45-39)38(41-4,29-21-13-7-14-22-29)30-23-15-8-16-24-30/h5-24,31-35H,25-26H2,1-4H3/t31-,32-,33+,34-,35-/m0/s1. The highest BCUT2D eigenvalue weighted by atomic mass is 16.7. The first-order chi connectivity index (χ1) is 21.9. The van der Waals surface area contributed by atoms with E-state index >= 15 is 0 Å². The van der Waals surface area contributed by atoms with Gasteiger partial charge >= 0.3 is 7.12 Å². The first-order valence-electron chi connectivity index (χ1n) is 15.9. The number of methoxy groups -OCH3 is 2. The number of rotatable bonds is 10. The molecule has 0 amide bonds. The molecule has 45 heavy (non-hydrogen) atoms. The fourth-order valence-electron chi connectivity index (χ4n) is 7.62. The first kappa shape index (κ1) is 30.4. The van der Waals surface area contributed by atoms with Crippen molar-refractivity contribution in [2.75, 3.05) is 20.8 Å². The van der Waals surface area contributed by atoms with Crippen molar-refractivity contribution in [1.82, 2.24) is 0 Å². The molecule has 4 aromatic rings. The Balaban J connectivity index is 1.40. The zero-order valence-electron chi connectivity index (χ0n) is 26.4. The van der Waals surface area contributed by atoms with Crippen molar-refractivity contribution in [2.45, 2.75) is 61.4 Å². The SMILES string of the molecule is COC(c1ccccc1)(c1ccccc1)[C@H]1OB([C@H]2C[C@@H]2[C@H]2COC(C)(C)O2)O[C@@H]1C(OC)(c1ccccc1)c1ccccc1. The molecule has 3 fully saturated rings. The van der Waals surface area contributed by atoms with E-state index in [4.69, 9.17) is 28.3 Å². The second-order valence-electron chi connectivity index (χ2n) is 12.8. The summed E-state index contributed by atoms with van der Waals surface area (Å²) in [6.07, 6.45) is -0.269. The van der Waals surface area contributed by atoms with E-state index in [1.807, 2.05) is 86.6 Å². The maximum Gasteiger partial charge on any atom is 0.461 e. The van der Waals surface area contributed by atoms with Gasteiger partial charge in [0.05, 0.1) is 12.7 Å². The van der Waals surface area contributed by atoms with E-state index in [1.54, 1.807) is 14.2 Å². The predicted octanol–water partition coefficient (Wildman–Crippen LogP) is 6.98. The smallest absolute Gasteiger partial charge is 0.402 e. The Labute approximate surface area is 266 Å². The molecule has 1 aliphatic carbocycles. The van der Waals surface area contributed by atoms with Gasteiger partial charge in [-0.15, -0.1) is 0 Å². The van der Waals surface area contributed by atoms with E-state index in [0.29, 0.717) is 6.61 Å². The van der Waals surface area contributed by atoms with Crippen molar-refractivity contribution in [3.05, 3.63) is 144 Å². The third kappa shape index (κ3) is 5.26. The Bertz CT molecular complexity index is 1370. The Morgan fingerprint density at radius 3 is 1.31 bits per heavy atom. The van der Waals surface area contributed by atoms with Crippen molar-refractivity contribution in [2.24, 2.45) is 5.92 Å². The molecule has 0 radical (unpaired) electrons. The highest BCUT2D eigenvalue weighted by Crippen LogP contribution is 2.58.